The van der Waals surface area contributed by atoms with Crippen LogP contribution in [-0.2, 0) is 26.2 Å². The van der Waals surface area contributed by atoms with Crippen molar-refractivity contribution in [1.29, 1.82) is 0 Å². The van der Waals surface area contributed by atoms with Gasteiger partial charge in [0.15, 0.2) is 40.3 Å². The Balaban J connectivity index is 1.00. The van der Waals surface area contributed by atoms with Gasteiger partial charge in [0.05, 0.1) is 20.8 Å². The third-order valence-electron chi connectivity index (χ3n) is 8.45. The maximum atomic E-state index is 13.4. The maximum Gasteiger partial charge on any atom is 0.289 e. The molecule has 3 aromatic carbocycles. The summed E-state index contributed by atoms with van der Waals surface area (Å²) in [6.45, 7) is 5.86. The van der Waals surface area contributed by atoms with Crippen molar-refractivity contribution in [3.05, 3.63) is 94.9 Å². The van der Waals surface area contributed by atoms with E-state index < -0.39 is 0 Å². The van der Waals surface area contributed by atoms with E-state index in [9.17, 15) is 4.79 Å². The van der Waals surface area contributed by atoms with Gasteiger partial charge in [0.2, 0.25) is 13.6 Å². The van der Waals surface area contributed by atoms with Crippen LogP contribution in [-0.4, -0.2) is 74.6 Å². The average Bonchev–Trinajstić information content (AvgIpc) is 3.86. The largest absolute Gasteiger partial charge is 0.493 e. The Morgan fingerprint density at radius 2 is 1.28 bits per heavy atom. The van der Waals surface area contributed by atoms with Crippen LogP contribution in [0.5, 0.6) is 34.5 Å². The second-order valence-corrected chi connectivity index (χ2v) is 11.5. The Bertz CT molecular complexity index is 1700. The van der Waals surface area contributed by atoms with Gasteiger partial charge in [-0.1, -0.05) is 18.2 Å². The fourth-order valence-corrected chi connectivity index (χ4v) is 6.06. The number of piperazine rings is 1. The van der Waals surface area contributed by atoms with Crippen LogP contribution in [0.2, 0.25) is 0 Å². The van der Waals surface area contributed by atoms with E-state index in [0.717, 1.165) is 59.3 Å². The zero-order chi connectivity index (χ0) is 31.5. The quantitative estimate of drug-likeness (QED) is 0.228. The SMILES string of the molecule is COc1ccc(CN(Cc2ccc3c(c2)OCO3)Cc2ccc(C(=O)N3CCN(Cc4ccc5c(c4)OCO5)CC3)o2)cc1OC. The van der Waals surface area contributed by atoms with E-state index in [0.29, 0.717) is 55.7 Å². The van der Waals surface area contributed by atoms with Crippen molar-refractivity contribution in [2.24, 2.45) is 0 Å². The van der Waals surface area contributed by atoms with Gasteiger partial charge in [-0.3, -0.25) is 14.6 Å². The Labute approximate surface area is 267 Å². The lowest BCUT2D eigenvalue weighted by atomic mass is 10.1. The summed E-state index contributed by atoms with van der Waals surface area (Å²) in [6.07, 6.45) is 0. The Hall–Kier alpha value is -4.87. The molecule has 1 fully saturated rings. The molecular formula is C35H37N3O8. The van der Waals surface area contributed by atoms with Crippen LogP contribution in [0.1, 0.15) is 33.0 Å². The van der Waals surface area contributed by atoms with Crippen LogP contribution < -0.4 is 28.4 Å². The third-order valence-corrected chi connectivity index (χ3v) is 8.45. The first-order valence-electron chi connectivity index (χ1n) is 15.4. The van der Waals surface area contributed by atoms with Gasteiger partial charge in [0.25, 0.3) is 5.91 Å². The van der Waals surface area contributed by atoms with Gasteiger partial charge in [-0.2, -0.15) is 0 Å². The molecular weight excluding hydrogens is 590 g/mol. The van der Waals surface area contributed by atoms with Crippen LogP contribution in [0.4, 0.5) is 0 Å². The van der Waals surface area contributed by atoms with Crippen LogP contribution in [0.15, 0.2) is 71.1 Å². The molecule has 3 aliphatic heterocycles. The van der Waals surface area contributed by atoms with E-state index in [1.54, 1.807) is 20.3 Å². The number of methoxy groups -OCH3 is 2. The number of carbonyl (C=O) groups excluding carboxylic acids is 1. The first kappa shape index (κ1) is 29.8. The molecule has 0 saturated carbocycles. The normalized spacial score (nSPS) is 15.4. The maximum absolute atomic E-state index is 13.4. The van der Waals surface area contributed by atoms with Crippen molar-refractivity contribution in [1.82, 2.24) is 14.7 Å². The number of furan rings is 1. The number of ether oxygens (including phenoxy) is 6. The molecule has 0 N–H and O–H groups in total. The fourth-order valence-electron chi connectivity index (χ4n) is 6.06. The number of fused-ring (bicyclic) bond motifs is 2. The molecule has 7 rings (SSSR count). The van der Waals surface area contributed by atoms with Gasteiger partial charge in [-0.15, -0.1) is 0 Å². The van der Waals surface area contributed by atoms with Crippen LogP contribution in [0.3, 0.4) is 0 Å². The Morgan fingerprint density at radius 1 is 0.674 bits per heavy atom. The van der Waals surface area contributed by atoms with Crippen LogP contribution >= 0.6 is 0 Å². The van der Waals surface area contributed by atoms with Crippen molar-refractivity contribution in [3.8, 4) is 34.5 Å². The van der Waals surface area contributed by atoms with Gasteiger partial charge in [0.1, 0.15) is 5.76 Å². The molecule has 0 radical (unpaired) electrons. The second-order valence-electron chi connectivity index (χ2n) is 11.5. The predicted octanol–water partition coefficient (Wildman–Crippen LogP) is 4.91. The average molecular weight is 628 g/mol. The molecule has 240 valence electrons. The number of amides is 1. The molecule has 11 nitrogen and oxygen atoms in total. The standard InChI is InChI=1S/C35H37N3O8/c1-40-28-7-3-24(15-32(28)41-2)19-37(20-26-5-9-30-34(17-26)45-23-43-30)21-27-6-10-31(46-27)35(39)38-13-11-36(12-14-38)18-25-4-8-29-33(16-25)44-22-42-29/h3-10,15-17H,11-14,18-23H2,1-2H3. The van der Waals surface area contributed by atoms with E-state index in [1.165, 1.54) is 0 Å². The molecule has 11 heteroatoms. The summed E-state index contributed by atoms with van der Waals surface area (Å²) in [5.74, 6) is 5.40. The Kier molecular flexibility index (Phi) is 8.58. The molecule has 46 heavy (non-hydrogen) atoms. The van der Waals surface area contributed by atoms with E-state index in [1.807, 2.05) is 59.5 Å². The second kappa shape index (κ2) is 13.2. The minimum absolute atomic E-state index is 0.0869. The molecule has 0 spiro atoms. The van der Waals surface area contributed by atoms with Crippen molar-refractivity contribution in [2.75, 3.05) is 54.0 Å². The van der Waals surface area contributed by atoms with Crippen molar-refractivity contribution in [3.63, 3.8) is 0 Å². The third kappa shape index (κ3) is 6.56. The van der Waals surface area contributed by atoms with E-state index in [4.69, 9.17) is 32.8 Å². The highest BCUT2D eigenvalue weighted by Crippen LogP contribution is 2.34. The summed E-state index contributed by atoms with van der Waals surface area (Å²) < 4.78 is 39.2. The van der Waals surface area contributed by atoms with E-state index in [-0.39, 0.29) is 19.5 Å². The zero-order valence-corrected chi connectivity index (χ0v) is 26.0. The predicted molar refractivity (Wildman–Crippen MR) is 168 cm³/mol. The molecule has 4 aromatic rings. The molecule has 1 saturated heterocycles. The lowest BCUT2D eigenvalue weighted by molar-refractivity contribution is 0.0594. The molecule has 1 amide bonds. The molecule has 3 aliphatic rings. The molecule has 0 aliphatic carbocycles. The summed E-state index contributed by atoms with van der Waals surface area (Å²) in [6, 6.07) is 21.6. The molecule has 4 heterocycles. The van der Waals surface area contributed by atoms with Gasteiger partial charge < -0.3 is 37.7 Å². The van der Waals surface area contributed by atoms with Crippen molar-refractivity contribution in [2.45, 2.75) is 26.2 Å². The van der Waals surface area contributed by atoms with E-state index in [2.05, 4.69) is 15.9 Å². The van der Waals surface area contributed by atoms with Crippen LogP contribution in [0, 0.1) is 0 Å². The van der Waals surface area contributed by atoms with Gasteiger partial charge in [0, 0.05) is 45.8 Å². The number of benzene rings is 3. The number of carbonyl (C=O) groups is 1. The number of hydrogen-bond acceptors (Lipinski definition) is 10. The Morgan fingerprint density at radius 3 is 1.98 bits per heavy atom. The lowest BCUT2D eigenvalue weighted by Gasteiger charge is -2.34. The van der Waals surface area contributed by atoms with Gasteiger partial charge in [-0.25, -0.2) is 0 Å². The number of rotatable bonds is 11. The first-order chi connectivity index (χ1) is 22.5. The van der Waals surface area contributed by atoms with Gasteiger partial charge in [-0.05, 0) is 65.2 Å². The van der Waals surface area contributed by atoms with Crippen molar-refractivity contribution < 1.29 is 37.6 Å². The van der Waals surface area contributed by atoms with Crippen molar-refractivity contribution >= 4 is 5.91 Å². The first-order valence-corrected chi connectivity index (χ1v) is 15.4. The summed E-state index contributed by atoms with van der Waals surface area (Å²) >= 11 is 0. The molecule has 0 bridgehead atoms. The topological polar surface area (TPSA) is 95.3 Å². The molecule has 0 unspecified atom stereocenters. The number of hydrogen-bond donors (Lipinski definition) is 0. The van der Waals surface area contributed by atoms with Gasteiger partial charge >= 0.3 is 0 Å². The highest BCUT2D eigenvalue weighted by molar-refractivity contribution is 5.91. The monoisotopic (exact) mass is 627 g/mol. The fraction of sp³-hybridized carbons (Fsp3) is 0.343. The highest BCUT2D eigenvalue weighted by Gasteiger charge is 2.25. The summed E-state index contributed by atoms with van der Waals surface area (Å²) in [5.41, 5.74) is 3.30. The summed E-state index contributed by atoms with van der Waals surface area (Å²) in [4.78, 5) is 19.9. The minimum Gasteiger partial charge on any atom is -0.493 e. The molecule has 0 atom stereocenters. The summed E-state index contributed by atoms with van der Waals surface area (Å²) in [5, 5.41) is 0. The smallest absolute Gasteiger partial charge is 0.289 e. The number of nitrogens with zero attached hydrogens (tertiary/aromatic N) is 3. The minimum atomic E-state index is -0.0869. The lowest BCUT2D eigenvalue weighted by Crippen LogP contribution is -2.48. The highest BCUT2D eigenvalue weighted by atomic mass is 16.7. The zero-order valence-electron chi connectivity index (χ0n) is 26.0. The van der Waals surface area contributed by atoms with E-state index >= 15 is 0 Å². The molecule has 1 aromatic heterocycles. The summed E-state index contributed by atoms with van der Waals surface area (Å²) in [7, 11) is 3.26. The van der Waals surface area contributed by atoms with Crippen LogP contribution in [0.25, 0.3) is 0 Å².